The summed E-state index contributed by atoms with van der Waals surface area (Å²) >= 11 is 7.49. The predicted octanol–water partition coefficient (Wildman–Crippen LogP) is 7.38. The minimum Gasteiger partial charge on any atom is -0.497 e. The SMILES string of the molecule is COc1ccc(-c2cc(-c3sc4ccccc4c3Br)c(C)s2)cc1. The van der Waals surface area contributed by atoms with Crippen LogP contribution >= 0.6 is 38.6 Å². The van der Waals surface area contributed by atoms with Crippen molar-refractivity contribution >= 4 is 48.7 Å². The highest BCUT2D eigenvalue weighted by atomic mass is 79.9. The molecule has 0 aliphatic heterocycles. The first-order valence-corrected chi connectivity index (χ1v) is 10.0. The van der Waals surface area contributed by atoms with Crippen LogP contribution in [0, 0.1) is 6.92 Å². The van der Waals surface area contributed by atoms with Crippen molar-refractivity contribution in [3.8, 4) is 26.6 Å². The molecule has 0 radical (unpaired) electrons. The largest absolute Gasteiger partial charge is 0.497 e. The second-order valence-corrected chi connectivity index (χ2v) is 8.65. The van der Waals surface area contributed by atoms with Gasteiger partial charge in [0, 0.05) is 29.9 Å². The number of methoxy groups -OCH3 is 1. The molecule has 0 saturated carbocycles. The summed E-state index contributed by atoms with van der Waals surface area (Å²) in [5, 5.41) is 1.29. The Bertz CT molecular complexity index is 1010. The molecule has 0 bridgehead atoms. The number of hydrogen-bond donors (Lipinski definition) is 0. The van der Waals surface area contributed by atoms with Gasteiger partial charge in [-0.2, -0.15) is 0 Å². The van der Waals surface area contributed by atoms with Gasteiger partial charge in [-0.3, -0.25) is 0 Å². The first-order chi connectivity index (χ1) is 11.7. The molecule has 0 aliphatic carbocycles. The first-order valence-electron chi connectivity index (χ1n) is 7.59. The van der Waals surface area contributed by atoms with Gasteiger partial charge in [-0.05, 0) is 64.8 Å². The molecule has 4 aromatic rings. The highest BCUT2D eigenvalue weighted by Crippen LogP contribution is 2.46. The highest BCUT2D eigenvalue weighted by Gasteiger charge is 2.16. The van der Waals surface area contributed by atoms with Crippen LogP contribution in [-0.2, 0) is 0 Å². The molecule has 0 saturated heterocycles. The van der Waals surface area contributed by atoms with Gasteiger partial charge in [0.1, 0.15) is 5.75 Å². The van der Waals surface area contributed by atoms with Crippen molar-refractivity contribution in [2.24, 2.45) is 0 Å². The molecule has 1 nitrogen and oxygen atoms in total. The van der Waals surface area contributed by atoms with Crippen LogP contribution in [0.2, 0.25) is 0 Å². The Morgan fingerprint density at radius 2 is 1.71 bits per heavy atom. The van der Waals surface area contributed by atoms with Crippen LogP contribution in [0.5, 0.6) is 5.75 Å². The average Bonchev–Trinajstić information content (AvgIpc) is 3.16. The lowest BCUT2D eigenvalue weighted by atomic mass is 10.1. The van der Waals surface area contributed by atoms with E-state index in [0.29, 0.717) is 0 Å². The van der Waals surface area contributed by atoms with E-state index in [2.05, 4.69) is 65.3 Å². The Morgan fingerprint density at radius 3 is 2.42 bits per heavy atom. The molecule has 0 N–H and O–H groups in total. The summed E-state index contributed by atoms with van der Waals surface area (Å²) < 4.78 is 7.77. The molecule has 0 aliphatic rings. The van der Waals surface area contributed by atoms with Gasteiger partial charge in [0.15, 0.2) is 0 Å². The quantitative estimate of drug-likeness (QED) is 0.339. The zero-order valence-corrected chi connectivity index (χ0v) is 16.5. The summed E-state index contributed by atoms with van der Waals surface area (Å²) in [6.07, 6.45) is 0. The van der Waals surface area contributed by atoms with Crippen molar-refractivity contribution in [1.82, 2.24) is 0 Å². The van der Waals surface area contributed by atoms with Gasteiger partial charge in [0.25, 0.3) is 0 Å². The first kappa shape index (κ1) is 15.9. The Kier molecular flexibility index (Phi) is 4.21. The number of ether oxygens (including phenoxy) is 1. The van der Waals surface area contributed by atoms with Gasteiger partial charge in [-0.25, -0.2) is 0 Å². The third-order valence-electron chi connectivity index (χ3n) is 4.07. The molecule has 0 spiro atoms. The smallest absolute Gasteiger partial charge is 0.118 e. The minimum atomic E-state index is 0.888. The third kappa shape index (κ3) is 2.69. The molecular weight excluding hydrogens is 400 g/mol. The molecule has 24 heavy (non-hydrogen) atoms. The number of rotatable bonds is 3. The maximum Gasteiger partial charge on any atom is 0.118 e. The molecule has 120 valence electrons. The van der Waals surface area contributed by atoms with E-state index in [-0.39, 0.29) is 0 Å². The van der Waals surface area contributed by atoms with Crippen molar-refractivity contribution in [2.75, 3.05) is 7.11 Å². The zero-order valence-electron chi connectivity index (χ0n) is 13.3. The van der Waals surface area contributed by atoms with Crippen LogP contribution in [-0.4, -0.2) is 7.11 Å². The molecular formula is C20H15BrOS2. The van der Waals surface area contributed by atoms with E-state index in [0.717, 1.165) is 5.75 Å². The minimum absolute atomic E-state index is 0.888. The fourth-order valence-electron chi connectivity index (χ4n) is 2.79. The van der Waals surface area contributed by atoms with Gasteiger partial charge in [-0.1, -0.05) is 18.2 Å². The van der Waals surface area contributed by atoms with Gasteiger partial charge < -0.3 is 4.74 Å². The molecule has 0 amide bonds. The van der Waals surface area contributed by atoms with Crippen molar-refractivity contribution < 1.29 is 4.74 Å². The maximum absolute atomic E-state index is 5.25. The number of halogens is 1. The van der Waals surface area contributed by atoms with E-state index >= 15 is 0 Å². The van der Waals surface area contributed by atoms with Crippen LogP contribution in [0.25, 0.3) is 31.0 Å². The van der Waals surface area contributed by atoms with Crippen LogP contribution in [0.3, 0.4) is 0 Å². The normalized spacial score (nSPS) is 11.1. The summed E-state index contributed by atoms with van der Waals surface area (Å²) in [7, 11) is 1.70. The van der Waals surface area contributed by atoms with Crippen LogP contribution < -0.4 is 4.74 Å². The summed E-state index contributed by atoms with van der Waals surface area (Å²) in [6.45, 7) is 2.20. The van der Waals surface area contributed by atoms with Crippen LogP contribution in [0.15, 0.2) is 59.1 Å². The standard InChI is InChI=1S/C20H15BrOS2/c1-12-16(20-19(21)15-5-3-4-6-17(15)24-20)11-18(23-12)13-7-9-14(22-2)10-8-13/h3-11H,1-2H3. The molecule has 4 heteroatoms. The lowest BCUT2D eigenvalue weighted by Gasteiger charge is -2.00. The fourth-order valence-corrected chi connectivity index (χ4v) is 5.99. The Morgan fingerprint density at radius 1 is 0.958 bits per heavy atom. The summed E-state index contributed by atoms with van der Waals surface area (Å²) in [6, 6.07) is 19.1. The number of aryl methyl sites for hydroxylation is 1. The molecule has 2 heterocycles. The van der Waals surface area contributed by atoms with Gasteiger partial charge in [0.2, 0.25) is 0 Å². The van der Waals surface area contributed by atoms with E-state index in [1.165, 1.54) is 40.3 Å². The summed E-state index contributed by atoms with van der Waals surface area (Å²) in [4.78, 5) is 3.94. The number of fused-ring (bicyclic) bond motifs is 1. The van der Waals surface area contributed by atoms with Crippen molar-refractivity contribution in [3.05, 3.63) is 63.9 Å². The van der Waals surface area contributed by atoms with Crippen molar-refractivity contribution in [3.63, 3.8) is 0 Å². The fraction of sp³-hybridized carbons (Fsp3) is 0.100. The third-order valence-corrected chi connectivity index (χ3v) is 7.46. The Balaban J connectivity index is 1.81. The number of benzene rings is 2. The molecule has 2 aromatic carbocycles. The Labute approximate surface area is 157 Å². The van der Waals surface area contributed by atoms with E-state index in [4.69, 9.17) is 4.74 Å². The predicted molar refractivity (Wildman–Crippen MR) is 110 cm³/mol. The van der Waals surface area contributed by atoms with Crippen molar-refractivity contribution in [2.45, 2.75) is 6.92 Å². The lowest BCUT2D eigenvalue weighted by molar-refractivity contribution is 0.415. The molecule has 2 aromatic heterocycles. The second-order valence-electron chi connectivity index (χ2n) is 5.55. The van der Waals surface area contributed by atoms with Gasteiger partial charge >= 0.3 is 0 Å². The monoisotopic (exact) mass is 414 g/mol. The summed E-state index contributed by atoms with van der Waals surface area (Å²) in [5.74, 6) is 0.888. The maximum atomic E-state index is 5.25. The second kappa shape index (κ2) is 6.36. The molecule has 0 atom stereocenters. The number of thiophene rings is 2. The molecule has 4 rings (SSSR count). The lowest BCUT2D eigenvalue weighted by Crippen LogP contribution is -1.81. The zero-order chi connectivity index (χ0) is 16.7. The molecule has 0 fully saturated rings. The Hall–Kier alpha value is -1.62. The topological polar surface area (TPSA) is 9.23 Å². The van der Waals surface area contributed by atoms with Crippen LogP contribution in [0.1, 0.15) is 4.88 Å². The van der Waals surface area contributed by atoms with Gasteiger partial charge in [-0.15, -0.1) is 22.7 Å². The number of hydrogen-bond acceptors (Lipinski definition) is 3. The van der Waals surface area contributed by atoms with Crippen molar-refractivity contribution in [1.29, 1.82) is 0 Å². The molecule has 0 unspecified atom stereocenters. The van der Waals surface area contributed by atoms with Gasteiger partial charge in [0.05, 0.1) is 12.0 Å². The summed E-state index contributed by atoms with van der Waals surface area (Å²) in [5.41, 5.74) is 2.55. The highest BCUT2D eigenvalue weighted by molar-refractivity contribution is 9.10. The van der Waals surface area contributed by atoms with E-state index in [9.17, 15) is 0 Å². The van der Waals surface area contributed by atoms with Crippen LogP contribution in [0.4, 0.5) is 0 Å². The van der Waals surface area contributed by atoms with E-state index in [1.807, 2.05) is 34.8 Å². The van der Waals surface area contributed by atoms with E-state index in [1.54, 1.807) is 7.11 Å². The van der Waals surface area contributed by atoms with E-state index < -0.39 is 0 Å². The average molecular weight is 415 g/mol.